The molecule has 0 aliphatic carbocycles. The van der Waals surface area contributed by atoms with E-state index in [1.165, 1.54) is 0 Å². The van der Waals surface area contributed by atoms with Gasteiger partial charge in [-0.3, -0.25) is 10.6 Å². The smallest absolute Gasteiger partial charge is 0.254 e. The van der Waals surface area contributed by atoms with Crippen molar-refractivity contribution >= 4 is 11.6 Å². The van der Waals surface area contributed by atoms with Crippen LogP contribution in [0.2, 0.25) is 0 Å². The molecule has 0 bridgehead atoms. The second-order valence-electron chi connectivity index (χ2n) is 4.60. The Balaban J connectivity index is 2.15. The molecule has 1 aliphatic rings. The fourth-order valence-corrected chi connectivity index (χ4v) is 2.18. The zero-order valence-corrected chi connectivity index (χ0v) is 10.9. The number of hydrogen-bond donors (Lipinski definition) is 3. The molecule has 1 atom stereocenters. The number of nitrogen functional groups attached to an aromatic ring is 1. The third-order valence-electron chi connectivity index (χ3n) is 3.25. The van der Waals surface area contributed by atoms with E-state index in [4.69, 9.17) is 15.7 Å². The number of aryl methyl sites for hydroxylation is 1. The summed E-state index contributed by atoms with van der Waals surface area (Å²) >= 11 is 0. The minimum Gasteiger partial charge on any atom is -0.394 e. The molecule has 0 radical (unpaired) electrons. The van der Waals surface area contributed by atoms with E-state index < -0.39 is 0 Å². The van der Waals surface area contributed by atoms with Crippen LogP contribution in [0.25, 0.3) is 0 Å². The number of aliphatic hydroxyl groups is 1. The van der Waals surface area contributed by atoms with Gasteiger partial charge in [0.2, 0.25) is 0 Å². The molecule has 2 rings (SSSR count). The van der Waals surface area contributed by atoms with Crippen LogP contribution in [0.15, 0.2) is 18.2 Å². The van der Waals surface area contributed by atoms with E-state index in [1.54, 1.807) is 17.0 Å². The topological polar surface area (TPSA) is 87.8 Å². The van der Waals surface area contributed by atoms with Crippen LogP contribution in [-0.2, 0) is 4.74 Å². The van der Waals surface area contributed by atoms with Crippen molar-refractivity contribution in [3.63, 3.8) is 0 Å². The largest absolute Gasteiger partial charge is 0.394 e. The first-order valence-corrected chi connectivity index (χ1v) is 6.24. The van der Waals surface area contributed by atoms with E-state index in [0.717, 1.165) is 11.3 Å². The highest BCUT2D eigenvalue weighted by atomic mass is 16.5. The van der Waals surface area contributed by atoms with E-state index in [9.17, 15) is 4.79 Å². The number of amides is 1. The molecule has 19 heavy (non-hydrogen) atoms. The molecule has 0 aromatic heterocycles. The molecular weight excluding hydrogens is 246 g/mol. The summed E-state index contributed by atoms with van der Waals surface area (Å²) in [6.45, 7) is 3.23. The number of benzene rings is 1. The third kappa shape index (κ3) is 3.04. The summed E-state index contributed by atoms with van der Waals surface area (Å²) < 4.78 is 5.34. The molecule has 6 heteroatoms. The predicted molar refractivity (Wildman–Crippen MR) is 71.7 cm³/mol. The number of morpholine rings is 1. The number of aliphatic hydroxyl groups excluding tert-OH is 1. The molecule has 1 unspecified atom stereocenters. The molecule has 4 N–H and O–H groups in total. The van der Waals surface area contributed by atoms with Gasteiger partial charge in [-0.1, -0.05) is 0 Å². The van der Waals surface area contributed by atoms with Crippen molar-refractivity contribution in [2.75, 3.05) is 31.7 Å². The minimum atomic E-state index is -0.289. The van der Waals surface area contributed by atoms with E-state index >= 15 is 0 Å². The van der Waals surface area contributed by atoms with Crippen LogP contribution in [0.1, 0.15) is 15.9 Å². The van der Waals surface area contributed by atoms with Gasteiger partial charge in [-0.05, 0) is 30.7 Å². The summed E-state index contributed by atoms with van der Waals surface area (Å²) in [4.78, 5) is 14.1. The number of rotatable bonds is 3. The predicted octanol–water partition coefficient (Wildman–Crippen LogP) is 0.114. The van der Waals surface area contributed by atoms with Crippen LogP contribution in [0.3, 0.4) is 0 Å². The standard InChI is InChI=1S/C13H19N3O3/c1-9-6-10(15-14)2-3-12(9)13(18)16-4-5-19-11(7-16)8-17/h2-3,6,11,15,17H,4-5,7-8,14H2,1H3. The molecule has 0 saturated carbocycles. The minimum absolute atomic E-state index is 0.0391. The highest BCUT2D eigenvalue weighted by Crippen LogP contribution is 2.17. The molecular formula is C13H19N3O3. The number of nitrogens with two attached hydrogens (primary N) is 1. The number of nitrogens with one attached hydrogen (secondary N) is 1. The maximum Gasteiger partial charge on any atom is 0.254 e. The van der Waals surface area contributed by atoms with Crippen molar-refractivity contribution in [2.45, 2.75) is 13.0 Å². The number of carbonyl (C=O) groups is 1. The van der Waals surface area contributed by atoms with Crippen LogP contribution in [0, 0.1) is 6.92 Å². The lowest BCUT2D eigenvalue weighted by Crippen LogP contribution is -2.47. The second-order valence-corrected chi connectivity index (χ2v) is 4.60. The maximum absolute atomic E-state index is 12.4. The lowest BCUT2D eigenvalue weighted by Gasteiger charge is -2.32. The highest BCUT2D eigenvalue weighted by Gasteiger charge is 2.25. The molecule has 1 saturated heterocycles. The van der Waals surface area contributed by atoms with E-state index in [2.05, 4.69) is 5.43 Å². The number of hydrazine groups is 1. The van der Waals surface area contributed by atoms with Crippen LogP contribution >= 0.6 is 0 Å². The van der Waals surface area contributed by atoms with Gasteiger partial charge in [-0.15, -0.1) is 0 Å². The van der Waals surface area contributed by atoms with Crippen molar-refractivity contribution in [3.05, 3.63) is 29.3 Å². The monoisotopic (exact) mass is 265 g/mol. The van der Waals surface area contributed by atoms with Crippen LogP contribution in [0.4, 0.5) is 5.69 Å². The molecule has 1 aromatic carbocycles. The normalized spacial score (nSPS) is 19.3. The Morgan fingerprint density at radius 3 is 3.05 bits per heavy atom. The van der Waals surface area contributed by atoms with Gasteiger partial charge < -0.3 is 20.2 Å². The molecule has 1 aromatic rings. The average Bonchev–Trinajstić information content (AvgIpc) is 2.46. The van der Waals surface area contributed by atoms with Gasteiger partial charge in [-0.25, -0.2) is 0 Å². The highest BCUT2D eigenvalue weighted by molar-refractivity contribution is 5.96. The Hall–Kier alpha value is -1.63. The van der Waals surface area contributed by atoms with Crippen molar-refractivity contribution in [1.29, 1.82) is 0 Å². The number of hydrogen-bond acceptors (Lipinski definition) is 5. The maximum atomic E-state index is 12.4. The summed E-state index contributed by atoms with van der Waals surface area (Å²) in [5.41, 5.74) is 4.84. The average molecular weight is 265 g/mol. The molecule has 104 valence electrons. The van der Waals surface area contributed by atoms with Gasteiger partial charge in [0.15, 0.2) is 0 Å². The fraction of sp³-hybridized carbons (Fsp3) is 0.462. The fourth-order valence-electron chi connectivity index (χ4n) is 2.18. The Bertz CT molecular complexity index is 464. The number of anilines is 1. The first-order valence-electron chi connectivity index (χ1n) is 6.24. The number of nitrogens with zero attached hydrogens (tertiary/aromatic N) is 1. The van der Waals surface area contributed by atoms with Crippen LogP contribution in [0.5, 0.6) is 0 Å². The lowest BCUT2D eigenvalue weighted by molar-refractivity contribution is -0.0447. The van der Waals surface area contributed by atoms with Crippen molar-refractivity contribution in [2.24, 2.45) is 5.84 Å². The van der Waals surface area contributed by atoms with Crippen LogP contribution < -0.4 is 11.3 Å². The Morgan fingerprint density at radius 2 is 2.42 bits per heavy atom. The first-order chi connectivity index (χ1) is 9.15. The van der Waals surface area contributed by atoms with Crippen LogP contribution in [-0.4, -0.2) is 48.3 Å². The summed E-state index contributed by atoms with van der Waals surface area (Å²) in [6.07, 6.45) is -0.289. The van der Waals surface area contributed by atoms with Gasteiger partial charge in [0.25, 0.3) is 5.91 Å². The quantitative estimate of drug-likeness (QED) is 0.533. The summed E-state index contributed by atoms with van der Waals surface area (Å²) in [5.74, 6) is 5.30. The SMILES string of the molecule is Cc1cc(NN)ccc1C(=O)N1CCOC(CO)C1. The molecule has 1 aliphatic heterocycles. The number of carbonyl (C=O) groups excluding carboxylic acids is 1. The zero-order valence-electron chi connectivity index (χ0n) is 10.9. The van der Waals surface area contributed by atoms with Gasteiger partial charge in [-0.2, -0.15) is 0 Å². The Labute approximate surface area is 112 Å². The number of ether oxygens (including phenoxy) is 1. The van der Waals surface area contributed by atoms with Gasteiger partial charge in [0.1, 0.15) is 0 Å². The van der Waals surface area contributed by atoms with Crippen molar-refractivity contribution < 1.29 is 14.6 Å². The zero-order chi connectivity index (χ0) is 13.8. The third-order valence-corrected chi connectivity index (χ3v) is 3.25. The molecule has 0 spiro atoms. The van der Waals surface area contributed by atoms with Crippen molar-refractivity contribution in [3.8, 4) is 0 Å². The summed E-state index contributed by atoms with van der Waals surface area (Å²) in [5, 5.41) is 9.10. The Kier molecular flexibility index (Phi) is 4.36. The van der Waals surface area contributed by atoms with E-state index in [-0.39, 0.29) is 18.6 Å². The second kappa shape index (κ2) is 6.01. The summed E-state index contributed by atoms with van der Waals surface area (Å²) in [7, 11) is 0. The van der Waals surface area contributed by atoms with E-state index in [1.807, 2.05) is 13.0 Å². The molecule has 1 fully saturated rings. The van der Waals surface area contributed by atoms with Gasteiger partial charge in [0.05, 0.1) is 19.3 Å². The molecule has 1 heterocycles. The summed E-state index contributed by atoms with van der Waals surface area (Å²) in [6, 6.07) is 5.36. The first kappa shape index (κ1) is 13.8. The molecule has 1 amide bonds. The Morgan fingerprint density at radius 1 is 1.63 bits per heavy atom. The lowest BCUT2D eigenvalue weighted by atomic mass is 10.1. The van der Waals surface area contributed by atoms with Gasteiger partial charge >= 0.3 is 0 Å². The van der Waals surface area contributed by atoms with Gasteiger partial charge in [0, 0.05) is 24.3 Å². The molecule has 6 nitrogen and oxygen atoms in total. The van der Waals surface area contributed by atoms with E-state index in [0.29, 0.717) is 25.3 Å². The van der Waals surface area contributed by atoms with Crippen molar-refractivity contribution in [1.82, 2.24) is 4.90 Å².